The summed E-state index contributed by atoms with van der Waals surface area (Å²) in [5, 5.41) is 3.58. The molecule has 2 aromatic carbocycles. The Hall–Kier alpha value is -2.33. The van der Waals surface area contributed by atoms with Crippen molar-refractivity contribution in [3.05, 3.63) is 58.6 Å². The summed E-state index contributed by atoms with van der Waals surface area (Å²) in [5.74, 6) is -0.808. The Morgan fingerprint density at radius 2 is 1.47 bits per heavy atom. The molecule has 2 aromatic rings. The number of sulfonamides is 1. The molecule has 1 heterocycles. The summed E-state index contributed by atoms with van der Waals surface area (Å²) in [6.45, 7) is 3.59. The normalized spacial score (nSPS) is 15.3. The highest BCUT2D eigenvalue weighted by Crippen LogP contribution is 2.19. The van der Waals surface area contributed by atoms with Crippen molar-refractivity contribution in [1.29, 1.82) is 0 Å². The third-order valence-electron chi connectivity index (χ3n) is 5.09. The van der Waals surface area contributed by atoms with E-state index in [0.29, 0.717) is 36.2 Å². The largest absolute Gasteiger partial charge is 0.368 e. The standard InChI is InChI=1S/C21H24Cl2N4O4S/c1-15(25-32(30,31)19-8-4-17(23)5-9-19)21(29)24-14-20(28)27-12-10-26(11-13-27)18-6-2-16(22)3-7-18/h2-9,15,25H,10-14H2,1H3,(H,24,29)/t15-/m0/s1. The number of halogens is 2. The summed E-state index contributed by atoms with van der Waals surface area (Å²) in [6.07, 6.45) is 0. The lowest BCUT2D eigenvalue weighted by atomic mass is 10.2. The quantitative estimate of drug-likeness (QED) is 0.609. The molecule has 1 atom stereocenters. The van der Waals surface area contributed by atoms with Gasteiger partial charge in [0.05, 0.1) is 17.5 Å². The van der Waals surface area contributed by atoms with E-state index >= 15 is 0 Å². The van der Waals surface area contributed by atoms with E-state index in [1.165, 1.54) is 31.2 Å². The van der Waals surface area contributed by atoms with Crippen molar-refractivity contribution >= 4 is 50.7 Å². The van der Waals surface area contributed by atoms with Gasteiger partial charge in [0.2, 0.25) is 21.8 Å². The maximum Gasteiger partial charge on any atom is 0.242 e. The van der Waals surface area contributed by atoms with Crippen LogP contribution < -0.4 is 14.9 Å². The molecule has 32 heavy (non-hydrogen) atoms. The maximum atomic E-state index is 12.5. The molecule has 0 saturated carbocycles. The second-order valence-electron chi connectivity index (χ2n) is 7.36. The molecule has 2 amide bonds. The zero-order valence-corrected chi connectivity index (χ0v) is 19.8. The lowest BCUT2D eigenvalue weighted by Gasteiger charge is -2.36. The van der Waals surface area contributed by atoms with Gasteiger partial charge in [-0.05, 0) is 55.5 Å². The number of rotatable bonds is 7. The van der Waals surface area contributed by atoms with Crippen LogP contribution in [-0.4, -0.2) is 63.9 Å². The van der Waals surface area contributed by atoms with Crippen molar-refractivity contribution in [2.45, 2.75) is 17.9 Å². The van der Waals surface area contributed by atoms with Crippen LogP contribution in [0.15, 0.2) is 53.4 Å². The number of nitrogens with zero attached hydrogens (tertiary/aromatic N) is 2. The van der Waals surface area contributed by atoms with E-state index in [0.717, 1.165) is 5.69 Å². The van der Waals surface area contributed by atoms with E-state index < -0.39 is 22.0 Å². The van der Waals surface area contributed by atoms with E-state index in [1.807, 2.05) is 24.3 Å². The molecule has 8 nitrogen and oxygen atoms in total. The molecule has 0 aromatic heterocycles. The summed E-state index contributed by atoms with van der Waals surface area (Å²) in [7, 11) is -3.89. The number of anilines is 1. The molecule has 0 aliphatic carbocycles. The minimum atomic E-state index is -3.89. The predicted molar refractivity (Wildman–Crippen MR) is 124 cm³/mol. The second kappa shape index (κ2) is 10.5. The summed E-state index contributed by atoms with van der Waals surface area (Å²) in [4.78, 5) is 28.6. The van der Waals surface area contributed by atoms with Gasteiger partial charge in [0.15, 0.2) is 0 Å². The summed E-state index contributed by atoms with van der Waals surface area (Å²) in [5.41, 5.74) is 1.04. The Morgan fingerprint density at radius 3 is 2.03 bits per heavy atom. The van der Waals surface area contributed by atoms with Crippen molar-refractivity contribution in [2.75, 3.05) is 37.6 Å². The van der Waals surface area contributed by atoms with Gasteiger partial charge in [0, 0.05) is 41.9 Å². The van der Waals surface area contributed by atoms with Crippen molar-refractivity contribution in [3.8, 4) is 0 Å². The average Bonchev–Trinajstić information content (AvgIpc) is 2.78. The molecule has 172 valence electrons. The van der Waals surface area contributed by atoms with Gasteiger partial charge in [-0.25, -0.2) is 8.42 Å². The summed E-state index contributed by atoms with van der Waals surface area (Å²) < 4.78 is 27.1. The average molecular weight is 499 g/mol. The molecular weight excluding hydrogens is 475 g/mol. The van der Waals surface area contributed by atoms with Gasteiger partial charge in [-0.1, -0.05) is 23.2 Å². The van der Waals surface area contributed by atoms with Gasteiger partial charge >= 0.3 is 0 Å². The number of piperazine rings is 1. The zero-order chi connectivity index (χ0) is 23.3. The Kier molecular flexibility index (Phi) is 8.00. The summed E-state index contributed by atoms with van der Waals surface area (Å²) in [6, 6.07) is 12.1. The number of amides is 2. The SMILES string of the molecule is C[C@H](NS(=O)(=O)c1ccc(Cl)cc1)C(=O)NCC(=O)N1CCN(c2ccc(Cl)cc2)CC1. The molecule has 0 bridgehead atoms. The van der Waals surface area contributed by atoms with Gasteiger partial charge in [-0.2, -0.15) is 4.72 Å². The number of hydrogen-bond donors (Lipinski definition) is 2. The van der Waals surface area contributed by atoms with Gasteiger partial charge in [-0.15, -0.1) is 0 Å². The van der Waals surface area contributed by atoms with Gasteiger partial charge < -0.3 is 15.1 Å². The van der Waals surface area contributed by atoms with E-state index in [1.54, 1.807) is 4.90 Å². The highest BCUT2D eigenvalue weighted by atomic mass is 35.5. The van der Waals surface area contributed by atoms with Crippen molar-refractivity contribution < 1.29 is 18.0 Å². The molecule has 0 spiro atoms. The first-order valence-electron chi connectivity index (χ1n) is 9.99. The minimum absolute atomic E-state index is 0.00353. The van der Waals surface area contributed by atoms with Crippen LogP contribution in [0, 0.1) is 0 Å². The van der Waals surface area contributed by atoms with Crippen LogP contribution in [0.25, 0.3) is 0 Å². The first-order chi connectivity index (χ1) is 15.2. The Balaban J connectivity index is 1.45. The fraction of sp³-hybridized carbons (Fsp3) is 0.333. The zero-order valence-electron chi connectivity index (χ0n) is 17.4. The molecule has 2 N–H and O–H groups in total. The first-order valence-corrected chi connectivity index (χ1v) is 12.2. The second-order valence-corrected chi connectivity index (χ2v) is 9.95. The smallest absolute Gasteiger partial charge is 0.242 e. The molecule has 1 aliphatic rings. The van der Waals surface area contributed by atoms with E-state index in [4.69, 9.17) is 23.2 Å². The van der Waals surface area contributed by atoms with Crippen LogP contribution in [0.4, 0.5) is 5.69 Å². The molecule has 1 saturated heterocycles. The van der Waals surface area contributed by atoms with E-state index in [2.05, 4.69) is 14.9 Å². The molecule has 11 heteroatoms. The van der Waals surface area contributed by atoms with Crippen LogP contribution >= 0.6 is 23.2 Å². The number of hydrogen-bond acceptors (Lipinski definition) is 5. The molecule has 1 aliphatic heterocycles. The van der Waals surface area contributed by atoms with Crippen molar-refractivity contribution in [1.82, 2.24) is 14.9 Å². The number of carbonyl (C=O) groups is 2. The van der Waals surface area contributed by atoms with Crippen molar-refractivity contribution in [3.63, 3.8) is 0 Å². The van der Waals surface area contributed by atoms with Gasteiger partial charge in [0.1, 0.15) is 0 Å². The predicted octanol–water partition coefficient (Wildman–Crippen LogP) is 2.13. The van der Waals surface area contributed by atoms with Crippen LogP contribution in [0.5, 0.6) is 0 Å². The number of benzene rings is 2. The number of nitrogens with one attached hydrogen (secondary N) is 2. The number of carbonyl (C=O) groups excluding carboxylic acids is 2. The van der Waals surface area contributed by atoms with Crippen LogP contribution in [-0.2, 0) is 19.6 Å². The monoisotopic (exact) mass is 498 g/mol. The van der Waals surface area contributed by atoms with Gasteiger partial charge in [-0.3, -0.25) is 9.59 Å². The van der Waals surface area contributed by atoms with Crippen LogP contribution in [0.1, 0.15) is 6.92 Å². The highest BCUT2D eigenvalue weighted by Gasteiger charge is 2.25. The minimum Gasteiger partial charge on any atom is -0.368 e. The summed E-state index contributed by atoms with van der Waals surface area (Å²) >= 11 is 11.7. The third kappa shape index (κ3) is 6.35. The molecule has 1 fully saturated rings. The topological polar surface area (TPSA) is 98.8 Å². The van der Waals surface area contributed by atoms with Gasteiger partial charge in [0.25, 0.3) is 0 Å². The maximum absolute atomic E-state index is 12.5. The van der Waals surface area contributed by atoms with E-state index in [9.17, 15) is 18.0 Å². The van der Waals surface area contributed by atoms with E-state index in [-0.39, 0.29) is 17.3 Å². The van der Waals surface area contributed by atoms with Crippen LogP contribution in [0.2, 0.25) is 10.0 Å². The lowest BCUT2D eigenvalue weighted by molar-refractivity contribution is -0.133. The Bertz CT molecular complexity index is 1050. The lowest BCUT2D eigenvalue weighted by Crippen LogP contribution is -2.52. The highest BCUT2D eigenvalue weighted by molar-refractivity contribution is 7.89. The third-order valence-corrected chi connectivity index (χ3v) is 7.15. The Labute approximate surface area is 197 Å². The molecular formula is C21H24Cl2N4O4S. The molecule has 0 unspecified atom stereocenters. The fourth-order valence-corrected chi connectivity index (χ4v) is 4.72. The first kappa shape index (κ1) is 24.3. The van der Waals surface area contributed by atoms with Crippen LogP contribution in [0.3, 0.4) is 0 Å². The fourth-order valence-electron chi connectivity index (χ4n) is 3.26. The Morgan fingerprint density at radius 1 is 0.938 bits per heavy atom. The van der Waals surface area contributed by atoms with Crippen molar-refractivity contribution in [2.24, 2.45) is 0 Å². The molecule has 0 radical (unpaired) electrons. The molecule has 3 rings (SSSR count).